The first-order chi connectivity index (χ1) is 10.3. The van der Waals surface area contributed by atoms with E-state index in [4.69, 9.17) is 11.6 Å². The number of hydrogen-bond acceptors (Lipinski definition) is 2. The van der Waals surface area contributed by atoms with Crippen molar-refractivity contribution in [2.24, 2.45) is 0 Å². The standard InChI is InChI=1S/C14H16ClF5N2.2ClH/c15-13-10(17)2-1-9(16)12(13)11(3-4-14(18,19)20)22-7-5-21-6-8-22;;/h1-2,11,21H,3-8H2;2*1H/t11-;;/m1../s1. The Balaban J connectivity index is 0.00000264. The highest BCUT2D eigenvalue weighted by molar-refractivity contribution is 6.31. The van der Waals surface area contributed by atoms with Gasteiger partial charge in [-0.2, -0.15) is 13.2 Å². The summed E-state index contributed by atoms with van der Waals surface area (Å²) in [7, 11) is 0. The second kappa shape index (κ2) is 9.97. The van der Waals surface area contributed by atoms with Crippen LogP contribution in [0.5, 0.6) is 0 Å². The van der Waals surface area contributed by atoms with Gasteiger partial charge in [0.25, 0.3) is 0 Å². The molecule has 0 aromatic heterocycles. The zero-order valence-corrected chi connectivity index (χ0v) is 14.9. The molecule has 2 rings (SSSR count). The maximum atomic E-state index is 14.1. The Bertz CT molecular complexity index is 522. The predicted molar refractivity (Wildman–Crippen MR) is 88.3 cm³/mol. The van der Waals surface area contributed by atoms with E-state index < -0.39 is 35.3 Å². The van der Waals surface area contributed by atoms with E-state index in [2.05, 4.69) is 5.32 Å². The lowest BCUT2D eigenvalue weighted by molar-refractivity contribution is -0.138. The smallest absolute Gasteiger partial charge is 0.314 e. The van der Waals surface area contributed by atoms with Gasteiger partial charge in [-0.05, 0) is 18.6 Å². The van der Waals surface area contributed by atoms with Gasteiger partial charge in [-0.1, -0.05) is 11.6 Å². The van der Waals surface area contributed by atoms with E-state index in [1.54, 1.807) is 4.90 Å². The molecule has 0 radical (unpaired) electrons. The first-order valence-electron chi connectivity index (χ1n) is 6.94. The molecule has 1 aromatic rings. The van der Waals surface area contributed by atoms with E-state index in [0.29, 0.717) is 26.2 Å². The van der Waals surface area contributed by atoms with Crippen molar-refractivity contribution in [1.82, 2.24) is 10.2 Å². The zero-order valence-electron chi connectivity index (χ0n) is 12.5. The Labute approximate surface area is 154 Å². The molecule has 1 saturated heterocycles. The fourth-order valence-electron chi connectivity index (χ4n) is 2.65. The van der Waals surface area contributed by atoms with Crippen molar-refractivity contribution in [3.63, 3.8) is 0 Å². The third-order valence-corrected chi connectivity index (χ3v) is 4.09. The van der Waals surface area contributed by atoms with Crippen LogP contribution in [-0.4, -0.2) is 37.3 Å². The summed E-state index contributed by atoms with van der Waals surface area (Å²) in [6.45, 7) is 2.07. The molecule has 2 nitrogen and oxygen atoms in total. The van der Waals surface area contributed by atoms with Crippen LogP contribution in [0.1, 0.15) is 24.4 Å². The van der Waals surface area contributed by atoms with Gasteiger partial charge in [-0.25, -0.2) is 8.78 Å². The average molecular weight is 416 g/mol. The minimum absolute atomic E-state index is 0. The summed E-state index contributed by atoms with van der Waals surface area (Å²) < 4.78 is 65.3. The van der Waals surface area contributed by atoms with Gasteiger partial charge in [-0.15, -0.1) is 24.8 Å². The molecule has 1 aromatic carbocycles. The second-order valence-electron chi connectivity index (χ2n) is 5.21. The number of piperazine rings is 1. The van der Waals surface area contributed by atoms with Gasteiger partial charge in [0.2, 0.25) is 0 Å². The molecule has 1 heterocycles. The molecule has 1 aliphatic heterocycles. The molecule has 1 N–H and O–H groups in total. The minimum atomic E-state index is -4.36. The van der Waals surface area contributed by atoms with E-state index in [1.807, 2.05) is 0 Å². The molecule has 1 fully saturated rings. The quantitative estimate of drug-likeness (QED) is 0.564. The lowest BCUT2D eigenvalue weighted by atomic mass is 9.98. The van der Waals surface area contributed by atoms with Gasteiger partial charge in [-0.3, -0.25) is 4.90 Å². The highest BCUT2D eigenvalue weighted by atomic mass is 35.5. The van der Waals surface area contributed by atoms with Crippen LogP contribution in [0.25, 0.3) is 0 Å². The second-order valence-corrected chi connectivity index (χ2v) is 5.59. The Kier molecular flexibility index (Phi) is 9.83. The highest BCUT2D eigenvalue weighted by Crippen LogP contribution is 2.37. The molecular formula is C14H18Cl3F5N2. The summed E-state index contributed by atoms with van der Waals surface area (Å²) >= 11 is 5.82. The van der Waals surface area contributed by atoms with E-state index in [9.17, 15) is 22.0 Å². The first-order valence-corrected chi connectivity index (χ1v) is 7.32. The number of rotatable bonds is 4. The number of benzene rings is 1. The SMILES string of the molecule is Cl.Cl.Fc1ccc(F)c([C@@H](CCC(F)(F)F)N2CCNCC2)c1Cl. The van der Waals surface area contributed by atoms with Crippen molar-refractivity contribution in [2.45, 2.75) is 25.1 Å². The summed E-state index contributed by atoms with van der Waals surface area (Å²) in [5.74, 6) is -1.61. The van der Waals surface area contributed by atoms with E-state index in [0.717, 1.165) is 12.1 Å². The largest absolute Gasteiger partial charge is 0.389 e. The number of nitrogens with one attached hydrogen (secondary N) is 1. The molecular weight excluding hydrogens is 398 g/mol. The van der Waals surface area contributed by atoms with Crippen LogP contribution >= 0.6 is 36.4 Å². The maximum absolute atomic E-state index is 14.1. The predicted octanol–water partition coefficient (Wildman–Crippen LogP) is 4.75. The van der Waals surface area contributed by atoms with Crippen LogP contribution < -0.4 is 5.32 Å². The summed E-state index contributed by atoms with van der Waals surface area (Å²) in [5.41, 5.74) is -0.187. The van der Waals surface area contributed by atoms with Gasteiger partial charge < -0.3 is 5.32 Å². The normalized spacial score (nSPS) is 16.9. The third-order valence-electron chi connectivity index (χ3n) is 3.71. The van der Waals surface area contributed by atoms with Gasteiger partial charge in [0.15, 0.2) is 0 Å². The van der Waals surface area contributed by atoms with Crippen LogP contribution in [0.15, 0.2) is 12.1 Å². The van der Waals surface area contributed by atoms with E-state index in [-0.39, 0.29) is 36.8 Å². The molecule has 0 saturated carbocycles. The topological polar surface area (TPSA) is 15.3 Å². The number of hydrogen-bond donors (Lipinski definition) is 1. The fourth-order valence-corrected chi connectivity index (χ4v) is 2.93. The van der Waals surface area contributed by atoms with Gasteiger partial charge in [0.1, 0.15) is 11.6 Å². The molecule has 0 bridgehead atoms. The Morgan fingerprint density at radius 1 is 1.08 bits per heavy atom. The molecule has 1 aliphatic rings. The molecule has 0 amide bonds. The summed E-state index contributed by atoms with van der Waals surface area (Å²) in [6, 6.07) is 0.880. The van der Waals surface area contributed by atoms with Crippen LogP contribution in [0.4, 0.5) is 22.0 Å². The monoisotopic (exact) mass is 414 g/mol. The fraction of sp³-hybridized carbons (Fsp3) is 0.571. The van der Waals surface area contributed by atoms with Crippen molar-refractivity contribution in [2.75, 3.05) is 26.2 Å². The zero-order chi connectivity index (χ0) is 16.3. The van der Waals surface area contributed by atoms with Crippen molar-refractivity contribution in [3.05, 3.63) is 34.4 Å². The van der Waals surface area contributed by atoms with Crippen molar-refractivity contribution < 1.29 is 22.0 Å². The summed E-state index contributed by atoms with van der Waals surface area (Å²) in [4.78, 5) is 1.71. The van der Waals surface area contributed by atoms with Crippen LogP contribution in [0.3, 0.4) is 0 Å². The number of halogens is 8. The van der Waals surface area contributed by atoms with Gasteiger partial charge in [0.05, 0.1) is 5.02 Å². The number of nitrogens with zero attached hydrogens (tertiary/aromatic N) is 1. The van der Waals surface area contributed by atoms with E-state index >= 15 is 0 Å². The average Bonchev–Trinajstić information content (AvgIpc) is 2.46. The molecule has 0 spiro atoms. The number of alkyl halides is 3. The third kappa shape index (κ3) is 6.19. The Hall–Kier alpha value is -0.340. The molecule has 140 valence electrons. The molecule has 1 atom stereocenters. The van der Waals surface area contributed by atoms with Crippen molar-refractivity contribution in [1.29, 1.82) is 0 Å². The van der Waals surface area contributed by atoms with Gasteiger partial charge in [0, 0.05) is 44.2 Å². The van der Waals surface area contributed by atoms with Crippen LogP contribution in [-0.2, 0) is 0 Å². The lowest BCUT2D eigenvalue weighted by Gasteiger charge is -2.36. The van der Waals surface area contributed by atoms with Crippen LogP contribution in [0.2, 0.25) is 5.02 Å². The van der Waals surface area contributed by atoms with Crippen molar-refractivity contribution >= 4 is 36.4 Å². The molecule has 10 heteroatoms. The lowest BCUT2D eigenvalue weighted by Crippen LogP contribution is -2.45. The Morgan fingerprint density at radius 3 is 2.17 bits per heavy atom. The molecule has 0 unspecified atom stereocenters. The summed E-state index contributed by atoms with van der Waals surface area (Å²) in [5, 5.41) is 2.63. The summed E-state index contributed by atoms with van der Waals surface area (Å²) in [6.07, 6.45) is -5.79. The molecule has 24 heavy (non-hydrogen) atoms. The Morgan fingerprint density at radius 2 is 1.62 bits per heavy atom. The van der Waals surface area contributed by atoms with E-state index in [1.165, 1.54) is 0 Å². The maximum Gasteiger partial charge on any atom is 0.389 e. The first kappa shape index (κ1) is 23.7. The highest BCUT2D eigenvalue weighted by Gasteiger charge is 2.33. The van der Waals surface area contributed by atoms with Crippen molar-refractivity contribution in [3.8, 4) is 0 Å². The van der Waals surface area contributed by atoms with Crippen LogP contribution in [0, 0.1) is 11.6 Å². The van der Waals surface area contributed by atoms with Gasteiger partial charge >= 0.3 is 6.18 Å². The molecule has 0 aliphatic carbocycles. The minimum Gasteiger partial charge on any atom is -0.314 e.